The third kappa shape index (κ3) is 4.87. The number of methoxy groups -OCH3 is 1. The number of carbonyl (C=O) groups is 1. The predicted octanol–water partition coefficient (Wildman–Crippen LogP) is 1.31. The third-order valence-corrected chi connectivity index (χ3v) is 2.45. The van der Waals surface area contributed by atoms with Crippen molar-refractivity contribution in [3.8, 4) is 5.75 Å². The van der Waals surface area contributed by atoms with E-state index in [-0.39, 0.29) is 5.91 Å². The monoisotopic (exact) mass is 236 g/mol. The number of ether oxygens (including phenoxy) is 1. The molecule has 0 atom stereocenters. The predicted molar refractivity (Wildman–Crippen MR) is 68.0 cm³/mol. The van der Waals surface area contributed by atoms with E-state index in [1.54, 1.807) is 7.11 Å². The molecule has 1 amide bonds. The quantitative estimate of drug-likeness (QED) is 0.702. The van der Waals surface area contributed by atoms with Crippen LogP contribution >= 0.6 is 0 Å². The van der Waals surface area contributed by atoms with Gasteiger partial charge in [-0.1, -0.05) is 25.1 Å². The topological polar surface area (TPSA) is 50.4 Å². The van der Waals surface area contributed by atoms with Crippen molar-refractivity contribution in [1.82, 2.24) is 10.6 Å². The number of amides is 1. The van der Waals surface area contributed by atoms with Crippen LogP contribution in [0.1, 0.15) is 18.9 Å². The van der Waals surface area contributed by atoms with E-state index in [1.807, 2.05) is 31.2 Å². The molecule has 0 bridgehead atoms. The molecule has 0 spiro atoms. The first-order valence-electron chi connectivity index (χ1n) is 5.87. The summed E-state index contributed by atoms with van der Waals surface area (Å²) in [5, 5.41) is 5.99. The fraction of sp³-hybridized carbons (Fsp3) is 0.462. The summed E-state index contributed by atoms with van der Waals surface area (Å²) in [5.74, 6) is 0.858. The van der Waals surface area contributed by atoms with Gasteiger partial charge in [0, 0.05) is 25.1 Å². The molecule has 0 aliphatic rings. The largest absolute Gasteiger partial charge is 0.496 e. The Balaban J connectivity index is 2.36. The highest BCUT2D eigenvalue weighted by Crippen LogP contribution is 2.16. The summed E-state index contributed by atoms with van der Waals surface area (Å²) in [6, 6.07) is 7.68. The Bertz CT molecular complexity index is 353. The second-order valence-corrected chi connectivity index (χ2v) is 3.69. The van der Waals surface area contributed by atoms with Crippen LogP contribution in [0.5, 0.6) is 5.75 Å². The van der Waals surface area contributed by atoms with E-state index in [0.29, 0.717) is 19.5 Å². The zero-order valence-corrected chi connectivity index (χ0v) is 10.5. The molecule has 0 saturated carbocycles. The Hall–Kier alpha value is -1.55. The van der Waals surface area contributed by atoms with Gasteiger partial charge in [-0.15, -0.1) is 0 Å². The fourth-order valence-electron chi connectivity index (χ4n) is 1.51. The van der Waals surface area contributed by atoms with Gasteiger partial charge in [0.25, 0.3) is 0 Å². The fourth-order valence-corrected chi connectivity index (χ4v) is 1.51. The zero-order valence-electron chi connectivity index (χ0n) is 10.5. The number of rotatable bonds is 7. The maximum Gasteiger partial charge on any atom is 0.221 e. The molecular weight excluding hydrogens is 216 g/mol. The maximum atomic E-state index is 11.5. The third-order valence-electron chi connectivity index (χ3n) is 2.45. The molecule has 1 aromatic rings. The maximum absolute atomic E-state index is 11.5. The van der Waals surface area contributed by atoms with Crippen LogP contribution in [0.4, 0.5) is 0 Å². The van der Waals surface area contributed by atoms with Crippen LogP contribution in [0, 0.1) is 0 Å². The van der Waals surface area contributed by atoms with Gasteiger partial charge in [-0.25, -0.2) is 0 Å². The number of para-hydroxylation sites is 1. The van der Waals surface area contributed by atoms with Gasteiger partial charge in [-0.3, -0.25) is 4.79 Å². The highest BCUT2D eigenvalue weighted by Gasteiger charge is 2.04. The minimum atomic E-state index is 0.0526. The van der Waals surface area contributed by atoms with Gasteiger partial charge in [0.1, 0.15) is 5.75 Å². The number of nitrogens with one attached hydrogen (secondary N) is 2. The van der Waals surface area contributed by atoms with Gasteiger partial charge in [0.2, 0.25) is 5.91 Å². The van der Waals surface area contributed by atoms with Gasteiger partial charge in [0.05, 0.1) is 7.11 Å². The smallest absolute Gasteiger partial charge is 0.221 e. The van der Waals surface area contributed by atoms with Crippen LogP contribution < -0.4 is 15.4 Å². The number of benzene rings is 1. The van der Waals surface area contributed by atoms with Gasteiger partial charge in [-0.2, -0.15) is 0 Å². The van der Waals surface area contributed by atoms with Gasteiger partial charge in [-0.05, 0) is 12.6 Å². The molecule has 0 aliphatic heterocycles. The number of hydrogen-bond donors (Lipinski definition) is 2. The average Bonchev–Trinajstić information content (AvgIpc) is 2.37. The van der Waals surface area contributed by atoms with E-state index in [4.69, 9.17) is 4.74 Å². The van der Waals surface area contributed by atoms with E-state index in [9.17, 15) is 4.79 Å². The molecule has 0 fully saturated rings. The van der Waals surface area contributed by atoms with Crippen LogP contribution in [0.25, 0.3) is 0 Å². The van der Waals surface area contributed by atoms with E-state index in [1.165, 1.54) is 0 Å². The number of hydrogen-bond acceptors (Lipinski definition) is 3. The van der Waals surface area contributed by atoms with Crippen LogP contribution in [0.3, 0.4) is 0 Å². The Morgan fingerprint density at radius 1 is 1.35 bits per heavy atom. The van der Waals surface area contributed by atoms with Crippen molar-refractivity contribution in [2.24, 2.45) is 0 Å². The molecule has 0 aliphatic carbocycles. The lowest BCUT2D eigenvalue weighted by Gasteiger charge is -2.09. The van der Waals surface area contributed by atoms with Crippen LogP contribution in [-0.2, 0) is 11.3 Å². The van der Waals surface area contributed by atoms with E-state index in [2.05, 4.69) is 10.6 Å². The molecule has 4 nitrogen and oxygen atoms in total. The van der Waals surface area contributed by atoms with Crippen molar-refractivity contribution < 1.29 is 9.53 Å². The molecule has 4 heteroatoms. The van der Waals surface area contributed by atoms with Crippen molar-refractivity contribution in [3.63, 3.8) is 0 Å². The first kappa shape index (κ1) is 13.5. The highest BCUT2D eigenvalue weighted by atomic mass is 16.5. The summed E-state index contributed by atoms with van der Waals surface area (Å²) in [7, 11) is 1.63. The van der Waals surface area contributed by atoms with Crippen molar-refractivity contribution in [2.75, 3.05) is 20.2 Å². The molecule has 1 aromatic carbocycles. The molecule has 1 rings (SSSR count). The second-order valence-electron chi connectivity index (χ2n) is 3.69. The second kappa shape index (κ2) is 7.68. The molecule has 0 heterocycles. The normalized spacial score (nSPS) is 10.0. The summed E-state index contributed by atoms with van der Waals surface area (Å²) in [4.78, 5) is 11.5. The summed E-state index contributed by atoms with van der Waals surface area (Å²) in [6.45, 7) is 4.13. The van der Waals surface area contributed by atoms with Crippen LogP contribution in [0.15, 0.2) is 24.3 Å². The Morgan fingerprint density at radius 3 is 2.82 bits per heavy atom. The van der Waals surface area contributed by atoms with Crippen LogP contribution in [-0.4, -0.2) is 26.1 Å². The summed E-state index contributed by atoms with van der Waals surface area (Å²) in [5.41, 5.74) is 0.992. The first-order valence-corrected chi connectivity index (χ1v) is 5.87. The Kier molecular flexibility index (Phi) is 6.10. The minimum absolute atomic E-state index is 0.0526. The molecule has 0 aromatic heterocycles. The number of carbonyl (C=O) groups excluding carboxylic acids is 1. The summed E-state index contributed by atoms with van der Waals surface area (Å²) < 4.78 is 5.21. The molecule has 17 heavy (non-hydrogen) atoms. The van der Waals surface area contributed by atoms with Gasteiger partial charge >= 0.3 is 0 Å². The lowest BCUT2D eigenvalue weighted by Crippen LogP contribution is -2.27. The van der Waals surface area contributed by atoms with E-state index >= 15 is 0 Å². The SMILES string of the molecule is CCNCCC(=O)NCc1ccccc1OC. The van der Waals surface area contributed by atoms with Crippen LogP contribution in [0.2, 0.25) is 0 Å². The molecular formula is C13H20N2O2. The highest BCUT2D eigenvalue weighted by molar-refractivity contribution is 5.76. The summed E-state index contributed by atoms with van der Waals surface area (Å²) >= 11 is 0. The Morgan fingerprint density at radius 2 is 2.12 bits per heavy atom. The van der Waals surface area contributed by atoms with E-state index < -0.39 is 0 Å². The Labute approximate surface area is 102 Å². The minimum Gasteiger partial charge on any atom is -0.496 e. The van der Waals surface area contributed by atoms with Gasteiger partial charge in [0.15, 0.2) is 0 Å². The molecule has 0 saturated heterocycles. The molecule has 2 N–H and O–H groups in total. The zero-order chi connectivity index (χ0) is 12.5. The van der Waals surface area contributed by atoms with Crippen molar-refractivity contribution in [3.05, 3.63) is 29.8 Å². The van der Waals surface area contributed by atoms with Gasteiger partial charge < -0.3 is 15.4 Å². The molecule has 0 radical (unpaired) electrons. The standard InChI is InChI=1S/C13H20N2O2/c1-3-14-9-8-13(16)15-10-11-6-4-5-7-12(11)17-2/h4-7,14H,3,8-10H2,1-2H3,(H,15,16). The van der Waals surface area contributed by atoms with Crippen molar-refractivity contribution in [2.45, 2.75) is 19.9 Å². The first-order chi connectivity index (χ1) is 8.27. The summed E-state index contributed by atoms with van der Waals surface area (Å²) in [6.07, 6.45) is 0.503. The molecule has 0 unspecified atom stereocenters. The van der Waals surface area contributed by atoms with Crippen molar-refractivity contribution in [1.29, 1.82) is 0 Å². The lowest BCUT2D eigenvalue weighted by atomic mass is 10.2. The average molecular weight is 236 g/mol. The lowest BCUT2D eigenvalue weighted by molar-refractivity contribution is -0.121. The molecule has 94 valence electrons. The van der Waals surface area contributed by atoms with E-state index in [0.717, 1.165) is 17.9 Å². The van der Waals surface area contributed by atoms with Crippen molar-refractivity contribution >= 4 is 5.91 Å².